The van der Waals surface area contributed by atoms with Crippen LogP contribution in [0, 0.1) is 13.8 Å². The SMILES string of the molecule is Cc1cccc(C)c1NC(=O)c1cc2cccc(N)c2[nH]1. The Morgan fingerprint density at radius 1 is 1.10 bits per heavy atom. The molecular formula is C17H17N3O. The third-order valence-corrected chi connectivity index (χ3v) is 3.65. The van der Waals surface area contributed by atoms with Crippen molar-refractivity contribution in [1.29, 1.82) is 0 Å². The molecule has 0 saturated heterocycles. The number of rotatable bonds is 2. The molecule has 1 aromatic heterocycles. The van der Waals surface area contributed by atoms with E-state index in [0.717, 1.165) is 27.7 Å². The fraction of sp³-hybridized carbons (Fsp3) is 0.118. The number of benzene rings is 2. The van der Waals surface area contributed by atoms with Crippen LogP contribution in [0.3, 0.4) is 0 Å². The summed E-state index contributed by atoms with van der Waals surface area (Å²) < 4.78 is 0. The van der Waals surface area contributed by atoms with Crippen molar-refractivity contribution in [3.8, 4) is 0 Å². The van der Waals surface area contributed by atoms with Crippen LogP contribution >= 0.6 is 0 Å². The van der Waals surface area contributed by atoms with Gasteiger partial charge in [-0.25, -0.2) is 0 Å². The van der Waals surface area contributed by atoms with Crippen molar-refractivity contribution < 1.29 is 4.79 Å². The number of anilines is 2. The third-order valence-electron chi connectivity index (χ3n) is 3.65. The first-order valence-corrected chi connectivity index (χ1v) is 6.81. The van der Waals surface area contributed by atoms with E-state index in [-0.39, 0.29) is 5.91 Å². The number of aromatic nitrogens is 1. The molecule has 0 aliphatic heterocycles. The summed E-state index contributed by atoms with van der Waals surface area (Å²) in [6, 6.07) is 13.4. The summed E-state index contributed by atoms with van der Waals surface area (Å²) in [4.78, 5) is 15.5. The van der Waals surface area contributed by atoms with Gasteiger partial charge in [0.25, 0.3) is 5.91 Å². The maximum absolute atomic E-state index is 12.4. The predicted octanol–water partition coefficient (Wildman–Crippen LogP) is 3.62. The summed E-state index contributed by atoms with van der Waals surface area (Å²) in [6.45, 7) is 3.96. The van der Waals surface area contributed by atoms with E-state index in [2.05, 4.69) is 10.3 Å². The van der Waals surface area contributed by atoms with Gasteiger partial charge in [-0.2, -0.15) is 0 Å². The molecule has 4 heteroatoms. The minimum Gasteiger partial charge on any atom is -0.397 e. The molecule has 4 nitrogen and oxygen atoms in total. The number of nitrogen functional groups attached to an aromatic ring is 1. The molecule has 1 amide bonds. The number of amides is 1. The van der Waals surface area contributed by atoms with Crippen LogP contribution in [-0.4, -0.2) is 10.9 Å². The second kappa shape index (κ2) is 4.98. The van der Waals surface area contributed by atoms with Crippen molar-refractivity contribution in [3.63, 3.8) is 0 Å². The van der Waals surface area contributed by atoms with Crippen LogP contribution in [0.5, 0.6) is 0 Å². The molecule has 0 fully saturated rings. The van der Waals surface area contributed by atoms with Crippen molar-refractivity contribution in [1.82, 2.24) is 4.98 Å². The topological polar surface area (TPSA) is 70.9 Å². The van der Waals surface area contributed by atoms with Gasteiger partial charge in [-0.3, -0.25) is 4.79 Å². The number of hydrogen-bond acceptors (Lipinski definition) is 2. The molecule has 3 aromatic rings. The number of H-pyrrole nitrogens is 1. The van der Waals surface area contributed by atoms with Crippen LogP contribution in [0.1, 0.15) is 21.6 Å². The summed E-state index contributed by atoms with van der Waals surface area (Å²) in [5.41, 5.74) is 10.8. The first-order chi connectivity index (χ1) is 10.1. The number of hydrogen-bond donors (Lipinski definition) is 3. The summed E-state index contributed by atoms with van der Waals surface area (Å²) in [7, 11) is 0. The maximum Gasteiger partial charge on any atom is 0.272 e. The molecule has 4 N–H and O–H groups in total. The Morgan fingerprint density at radius 3 is 2.43 bits per heavy atom. The van der Waals surface area contributed by atoms with Crippen molar-refractivity contribution in [2.45, 2.75) is 13.8 Å². The molecule has 0 spiro atoms. The predicted molar refractivity (Wildman–Crippen MR) is 86.6 cm³/mol. The molecule has 0 bridgehead atoms. The summed E-state index contributed by atoms with van der Waals surface area (Å²) in [6.07, 6.45) is 0. The molecule has 1 heterocycles. The van der Waals surface area contributed by atoms with Crippen molar-refractivity contribution >= 4 is 28.2 Å². The minimum atomic E-state index is -0.164. The normalized spacial score (nSPS) is 10.8. The Kier molecular flexibility index (Phi) is 3.14. The van der Waals surface area contributed by atoms with Gasteiger partial charge in [0.05, 0.1) is 11.2 Å². The second-order valence-corrected chi connectivity index (χ2v) is 5.22. The Labute approximate surface area is 123 Å². The quantitative estimate of drug-likeness (QED) is 0.627. The molecule has 3 rings (SSSR count). The van der Waals surface area contributed by atoms with Crippen molar-refractivity contribution in [2.24, 2.45) is 0 Å². The van der Waals surface area contributed by atoms with E-state index >= 15 is 0 Å². The van der Waals surface area contributed by atoms with Gasteiger partial charge in [0.15, 0.2) is 0 Å². The van der Waals surface area contributed by atoms with Crippen molar-refractivity contribution in [2.75, 3.05) is 11.1 Å². The first-order valence-electron chi connectivity index (χ1n) is 6.81. The smallest absolute Gasteiger partial charge is 0.272 e. The van der Waals surface area contributed by atoms with E-state index in [9.17, 15) is 4.79 Å². The average Bonchev–Trinajstić information content (AvgIpc) is 2.88. The number of fused-ring (bicyclic) bond motifs is 1. The van der Waals surface area contributed by atoms with Crippen LogP contribution in [-0.2, 0) is 0 Å². The zero-order chi connectivity index (χ0) is 15.0. The monoisotopic (exact) mass is 279 g/mol. The number of nitrogens with one attached hydrogen (secondary N) is 2. The van der Waals surface area contributed by atoms with Crippen LogP contribution in [0.4, 0.5) is 11.4 Å². The summed E-state index contributed by atoms with van der Waals surface area (Å²) in [5.74, 6) is -0.164. The standard InChI is InChI=1S/C17H17N3O/c1-10-5-3-6-11(2)15(10)20-17(21)14-9-12-7-4-8-13(18)16(12)19-14/h3-9,19H,18H2,1-2H3,(H,20,21). The highest BCUT2D eigenvalue weighted by molar-refractivity contribution is 6.07. The highest BCUT2D eigenvalue weighted by Crippen LogP contribution is 2.23. The highest BCUT2D eigenvalue weighted by atomic mass is 16.1. The van der Waals surface area contributed by atoms with Gasteiger partial charge in [-0.15, -0.1) is 0 Å². The number of nitrogens with two attached hydrogens (primary N) is 1. The van der Waals surface area contributed by atoms with Crippen LogP contribution in [0.25, 0.3) is 10.9 Å². The molecular weight excluding hydrogens is 262 g/mol. The van der Waals surface area contributed by atoms with Gasteiger partial charge in [-0.1, -0.05) is 30.3 Å². The van der Waals surface area contributed by atoms with E-state index in [4.69, 9.17) is 5.73 Å². The fourth-order valence-electron chi connectivity index (χ4n) is 2.49. The first kappa shape index (κ1) is 13.2. The van der Waals surface area contributed by atoms with E-state index in [0.29, 0.717) is 11.4 Å². The van der Waals surface area contributed by atoms with E-state index in [1.165, 1.54) is 0 Å². The Hall–Kier alpha value is -2.75. The molecule has 0 radical (unpaired) electrons. The molecule has 0 aliphatic rings. The minimum absolute atomic E-state index is 0.164. The largest absolute Gasteiger partial charge is 0.397 e. The maximum atomic E-state index is 12.4. The highest BCUT2D eigenvalue weighted by Gasteiger charge is 2.13. The van der Waals surface area contributed by atoms with Crippen LogP contribution < -0.4 is 11.1 Å². The van der Waals surface area contributed by atoms with Gasteiger partial charge in [0.2, 0.25) is 0 Å². The molecule has 0 aliphatic carbocycles. The fourth-order valence-corrected chi connectivity index (χ4v) is 2.49. The van der Waals surface area contributed by atoms with Gasteiger partial charge in [0, 0.05) is 11.1 Å². The van der Waals surface area contributed by atoms with E-state index in [1.54, 1.807) is 0 Å². The lowest BCUT2D eigenvalue weighted by molar-refractivity contribution is 0.102. The van der Waals surface area contributed by atoms with E-state index < -0.39 is 0 Å². The number of carbonyl (C=O) groups is 1. The van der Waals surface area contributed by atoms with Gasteiger partial charge >= 0.3 is 0 Å². The van der Waals surface area contributed by atoms with Crippen LogP contribution in [0.15, 0.2) is 42.5 Å². The molecule has 0 unspecified atom stereocenters. The molecule has 2 aromatic carbocycles. The Bertz CT molecular complexity index is 813. The number of para-hydroxylation sites is 2. The van der Waals surface area contributed by atoms with Crippen molar-refractivity contribution in [3.05, 3.63) is 59.3 Å². The van der Waals surface area contributed by atoms with Gasteiger partial charge in [0.1, 0.15) is 5.69 Å². The lowest BCUT2D eigenvalue weighted by atomic mass is 10.1. The number of aromatic amines is 1. The zero-order valence-electron chi connectivity index (χ0n) is 12.0. The summed E-state index contributed by atoms with van der Waals surface area (Å²) in [5, 5.41) is 3.90. The second-order valence-electron chi connectivity index (χ2n) is 5.22. The van der Waals surface area contributed by atoms with E-state index in [1.807, 2.05) is 56.3 Å². The summed E-state index contributed by atoms with van der Waals surface area (Å²) >= 11 is 0. The molecule has 21 heavy (non-hydrogen) atoms. The Morgan fingerprint density at radius 2 is 1.76 bits per heavy atom. The molecule has 106 valence electrons. The lowest BCUT2D eigenvalue weighted by Crippen LogP contribution is -2.14. The third kappa shape index (κ3) is 2.36. The zero-order valence-corrected chi connectivity index (χ0v) is 12.0. The van der Waals surface area contributed by atoms with Gasteiger partial charge in [-0.05, 0) is 37.1 Å². The lowest BCUT2D eigenvalue weighted by Gasteiger charge is -2.10. The number of carbonyl (C=O) groups excluding carboxylic acids is 1. The Balaban J connectivity index is 1.96. The van der Waals surface area contributed by atoms with Crippen LogP contribution in [0.2, 0.25) is 0 Å². The number of aryl methyl sites for hydroxylation is 2. The van der Waals surface area contributed by atoms with Gasteiger partial charge < -0.3 is 16.0 Å². The molecule has 0 atom stereocenters. The average molecular weight is 279 g/mol. The molecule has 0 saturated carbocycles.